The monoisotopic (exact) mass is 261 g/mol. The van der Waals surface area contributed by atoms with E-state index in [4.69, 9.17) is 10.5 Å². The van der Waals surface area contributed by atoms with Gasteiger partial charge in [-0.3, -0.25) is 0 Å². The van der Waals surface area contributed by atoms with Crippen molar-refractivity contribution in [3.05, 3.63) is 34.9 Å². The van der Waals surface area contributed by atoms with Crippen LogP contribution in [0.2, 0.25) is 0 Å². The first kappa shape index (κ1) is 14.5. The topological polar surface area (TPSA) is 35.2 Å². The lowest BCUT2D eigenvalue weighted by Crippen LogP contribution is -2.29. The van der Waals surface area contributed by atoms with Crippen molar-refractivity contribution in [3.8, 4) is 0 Å². The number of aryl methyl sites for hydroxylation is 2. The summed E-state index contributed by atoms with van der Waals surface area (Å²) in [5, 5.41) is 0. The number of rotatable bonds is 4. The standard InChI is InChI=1S/C17H27NO/c1-12-8-9-15(10-14(12)3)16(18)11-19-17-7-5-4-6-13(17)2/h8-10,13,16-17H,4-7,11,18H2,1-3H3. The zero-order valence-corrected chi connectivity index (χ0v) is 12.5. The lowest BCUT2D eigenvalue weighted by atomic mass is 9.88. The van der Waals surface area contributed by atoms with Crippen LogP contribution < -0.4 is 5.73 Å². The maximum atomic E-state index is 6.25. The molecular formula is C17H27NO. The van der Waals surface area contributed by atoms with Gasteiger partial charge in [0.1, 0.15) is 0 Å². The molecule has 0 heterocycles. The smallest absolute Gasteiger partial charge is 0.0663 e. The first-order chi connectivity index (χ1) is 9.08. The van der Waals surface area contributed by atoms with E-state index < -0.39 is 0 Å². The van der Waals surface area contributed by atoms with Crippen molar-refractivity contribution in [2.75, 3.05) is 6.61 Å². The van der Waals surface area contributed by atoms with E-state index in [1.54, 1.807) is 0 Å². The molecule has 0 bridgehead atoms. The lowest BCUT2D eigenvalue weighted by Gasteiger charge is -2.29. The van der Waals surface area contributed by atoms with Crippen LogP contribution in [-0.2, 0) is 4.74 Å². The van der Waals surface area contributed by atoms with Gasteiger partial charge in [-0.25, -0.2) is 0 Å². The van der Waals surface area contributed by atoms with Crippen LogP contribution >= 0.6 is 0 Å². The number of hydrogen-bond donors (Lipinski definition) is 1. The lowest BCUT2D eigenvalue weighted by molar-refractivity contribution is -0.0113. The summed E-state index contributed by atoms with van der Waals surface area (Å²) in [5.41, 5.74) is 10.1. The molecule has 2 N–H and O–H groups in total. The molecule has 0 amide bonds. The molecule has 3 unspecified atom stereocenters. The molecule has 0 spiro atoms. The first-order valence-corrected chi connectivity index (χ1v) is 7.52. The molecule has 1 fully saturated rings. The van der Waals surface area contributed by atoms with Gasteiger partial charge in [-0.1, -0.05) is 38.0 Å². The van der Waals surface area contributed by atoms with E-state index in [1.807, 2.05) is 0 Å². The Balaban J connectivity index is 1.89. The average molecular weight is 261 g/mol. The van der Waals surface area contributed by atoms with Gasteiger partial charge in [0, 0.05) is 0 Å². The van der Waals surface area contributed by atoms with Gasteiger partial charge in [0.15, 0.2) is 0 Å². The van der Waals surface area contributed by atoms with Crippen LogP contribution in [0.25, 0.3) is 0 Å². The van der Waals surface area contributed by atoms with Crippen LogP contribution in [0.3, 0.4) is 0 Å². The van der Waals surface area contributed by atoms with Gasteiger partial charge in [0.2, 0.25) is 0 Å². The minimum atomic E-state index is -0.00609. The molecule has 0 radical (unpaired) electrons. The van der Waals surface area contributed by atoms with E-state index in [0.717, 1.165) is 0 Å². The van der Waals surface area contributed by atoms with Crippen molar-refractivity contribution in [1.29, 1.82) is 0 Å². The molecule has 0 aromatic heterocycles. The second-order valence-electron chi connectivity index (χ2n) is 6.08. The summed E-state index contributed by atoms with van der Waals surface area (Å²) in [6.07, 6.45) is 5.55. The first-order valence-electron chi connectivity index (χ1n) is 7.52. The molecule has 2 rings (SSSR count). The summed E-state index contributed by atoms with van der Waals surface area (Å²) in [7, 11) is 0. The zero-order valence-electron chi connectivity index (χ0n) is 12.5. The Kier molecular flexibility index (Phi) is 5.00. The Bertz CT molecular complexity index is 416. The molecular weight excluding hydrogens is 234 g/mol. The molecule has 19 heavy (non-hydrogen) atoms. The van der Waals surface area contributed by atoms with E-state index in [2.05, 4.69) is 39.0 Å². The van der Waals surface area contributed by atoms with E-state index in [0.29, 0.717) is 18.6 Å². The van der Waals surface area contributed by atoms with Crippen molar-refractivity contribution in [2.24, 2.45) is 11.7 Å². The Morgan fingerprint density at radius 2 is 1.95 bits per heavy atom. The van der Waals surface area contributed by atoms with Crippen LogP contribution in [-0.4, -0.2) is 12.7 Å². The zero-order chi connectivity index (χ0) is 13.8. The van der Waals surface area contributed by atoms with Gasteiger partial charge in [-0.2, -0.15) is 0 Å². The Morgan fingerprint density at radius 1 is 1.21 bits per heavy atom. The summed E-state index contributed by atoms with van der Waals surface area (Å²) in [5.74, 6) is 0.681. The molecule has 2 nitrogen and oxygen atoms in total. The molecule has 3 atom stereocenters. The quantitative estimate of drug-likeness (QED) is 0.892. The largest absolute Gasteiger partial charge is 0.376 e. The fourth-order valence-electron chi connectivity index (χ4n) is 2.85. The summed E-state index contributed by atoms with van der Waals surface area (Å²) in [6.45, 7) is 7.20. The highest BCUT2D eigenvalue weighted by Crippen LogP contribution is 2.27. The fraction of sp³-hybridized carbons (Fsp3) is 0.647. The van der Waals surface area contributed by atoms with Crippen LogP contribution in [0.4, 0.5) is 0 Å². The van der Waals surface area contributed by atoms with Gasteiger partial charge in [-0.05, 0) is 49.3 Å². The molecule has 1 saturated carbocycles. The normalized spacial score (nSPS) is 25.3. The van der Waals surface area contributed by atoms with Gasteiger partial charge in [-0.15, -0.1) is 0 Å². The number of benzene rings is 1. The fourth-order valence-corrected chi connectivity index (χ4v) is 2.85. The van der Waals surface area contributed by atoms with Gasteiger partial charge >= 0.3 is 0 Å². The van der Waals surface area contributed by atoms with E-state index in [1.165, 1.54) is 42.4 Å². The molecule has 1 aromatic carbocycles. The van der Waals surface area contributed by atoms with Crippen LogP contribution in [0.1, 0.15) is 55.3 Å². The molecule has 0 saturated heterocycles. The van der Waals surface area contributed by atoms with Gasteiger partial charge < -0.3 is 10.5 Å². The maximum absolute atomic E-state index is 6.25. The van der Waals surface area contributed by atoms with Crippen molar-refractivity contribution >= 4 is 0 Å². The predicted octanol–water partition coefficient (Wildman–Crippen LogP) is 3.90. The third-order valence-electron chi connectivity index (χ3n) is 4.48. The number of hydrogen-bond acceptors (Lipinski definition) is 2. The maximum Gasteiger partial charge on any atom is 0.0663 e. The molecule has 1 aliphatic carbocycles. The van der Waals surface area contributed by atoms with Crippen LogP contribution in [0.15, 0.2) is 18.2 Å². The van der Waals surface area contributed by atoms with E-state index in [-0.39, 0.29) is 6.04 Å². The summed E-state index contributed by atoms with van der Waals surface area (Å²) in [6, 6.07) is 6.45. The van der Waals surface area contributed by atoms with E-state index >= 15 is 0 Å². The second kappa shape index (κ2) is 6.53. The van der Waals surface area contributed by atoms with Crippen molar-refractivity contribution in [1.82, 2.24) is 0 Å². The van der Waals surface area contributed by atoms with Gasteiger partial charge in [0.05, 0.1) is 18.8 Å². The molecule has 1 aromatic rings. The predicted molar refractivity (Wildman–Crippen MR) is 80.2 cm³/mol. The number of nitrogens with two attached hydrogens (primary N) is 1. The van der Waals surface area contributed by atoms with Crippen LogP contribution in [0.5, 0.6) is 0 Å². The summed E-state index contributed by atoms with van der Waals surface area (Å²) in [4.78, 5) is 0. The Hall–Kier alpha value is -0.860. The average Bonchev–Trinajstić information content (AvgIpc) is 2.40. The van der Waals surface area contributed by atoms with Crippen molar-refractivity contribution in [3.63, 3.8) is 0 Å². The third kappa shape index (κ3) is 3.80. The summed E-state index contributed by atoms with van der Waals surface area (Å²) >= 11 is 0. The summed E-state index contributed by atoms with van der Waals surface area (Å²) < 4.78 is 6.06. The second-order valence-corrected chi connectivity index (χ2v) is 6.08. The van der Waals surface area contributed by atoms with Crippen molar-refractivity contribution < 1.29 is 4.74 Å². The minimum absolute atomic E-state index is 0.00609. The molecule has 0 aliphatic heterocycles. The van der Waals surface area contributed by atoms with E-state index in [9.17, 15) is 0 Å². The van der Waals surface area contributed by atoms with Gasteiger partial charge in [0.25, 0.3) is 0 Å². The number of ether oxygens (including phenoxy) is 1. The highest BCUT2D eigenvalue weighted by Gasteiger charge is 2.22. The Labute approximate surface area is 117 Å². The highest BCUT2D eigenvalue weighted by atomic mass is 16.5. The minimum Gasteiger partial charge on any atom is -0.376 e. The molecule has 106 valence electrons. The molecule has 2 heteroatoms. The Morgan fingerprint density at radius 3 is 2.63 bits per heavy atom. The highest BCUT2D eigenvalue weighted by molar-refractivity contribution is 5.31. The van der Waals surface area contributed by atoms with Crippen molar-refractivity contribution in [2.45, 2.75) is 58.6 Å². The SMILES string of the molecule is Cc1ccc(C(N)COC2CCCCC2C)cc1C. The van der Waals surface area contributed by atoms with Crippen LogP contribution in [0, 0.1) is 19.8 Å². The molecule has 1 aliphatic rings. The third-order valence-corrected chi connectivity index (χ3v) is 4.48.